The Bertz CT molecular complexity index is 739. The fourth-order valence-electron chi connectivity index (χ4n) is 2.64. The number of thioether (sulfide) groups is 1. The van der Waals surface area contributed by atoms with Crippen molar-refractivity contribution in [2.45, 2.75) is 17.5 Å². The zero-order chi connectivity index (χ0) is 17.4. The van der Waals surface area contributed by atoms with Gasteiger partial charge in [0.2, 0.25) is 5.91 Å². The molecule has 1 aromatic rings. The number of nitrogens with one attached hydrogen (secondary N) is 1. The molecule has 0 aliphatic carbocycles. The number of carboxylic acid groups (broad SMARTS) is 1. The predicted molar refractivity (Wildman–Crippen MR) is 92.0 cm³/mol. The summed E-state index contributed by atoms with van der Waals surface area (Å²) in [6, 6.07) is 7.18. The first-order valence-electron chi connectivity index (χ1n) is 7.09. The second kappa shape index (κ2) is 6.58. The van der Waals surface area contributed by atoms with Crippen LogP contribution in [0.5, 0.6) is 0 Å². The maximum Gasteiger partial charge on any atom is 0.353 e. The Kier molecular flexibility index (Phi) is 4.66. The van der Waals surface area contributed by atoms with Crippen LogP contribution >= 0.6 is 27.7 Å². The normalized spacial score (nSPS) is 24.1. The Hall–Kier alpha value is -1.84. The van der Waals surface area contributed by atoms with Crippen molar-refractivity contribution < 1.29 is 19.5 Å². The van der Waals surface area contributed by atoms with Crippen LogP contribution < -0.4 is 11.1 Å². The van der Waals surface area contributed by atoms with E-state index < -0.39 is 35.2 Å². The zero-order valence-electron chi connectivity index (χ0n) is 12.3. The summed E-state index contributed by atoms with van der Waals surface area (Å²) in [5.74, 6) is -1.67. The number of β-lactam (4-membered cyclic amide) rings is 1. The minimum absolute atomic E-state index is 0.0680. The van der Waals surface area contributed by atoms with Crippen LogP contribution in [0.15, 0.2) is 40.5 Å². The Morgan fingerprint density at radius 2 is 2.04 bits per heavy atom. The zero-order valence-corrected chi connectivity index (χ0v) is 14.7. The number of carboxylic acids is 1. The monoisotopic (exact) mass is 411 g/mol. The molecule has 126 valence electrons. The molecular formula is C15H14BrN3O4S. The van der Waals surface area contributed by atoms with Crippen LogP contribution in [0, 0.1) is 0 Å². The van der Waals surface area contributed by atoms with Gasteiger partial charge < -0.3 is 16.2 Å². The molecule has 7 nitrogen and oxygen atoms in total. The van der Waals surface area contributed by atoms with E-state index in [9.17, 15) is 19.5 Å². The van der Waals surface area contributed by atoms with Gasteiger partial charge in [-0.15, -0.1) is 11.8 Å². The summed E-state index contributed by atoms with van der Waals surface area (Å²) in [7, 11) is 0. The van der Waals surface area contributed by atoms with E-state index >= 15 is 0 Å². The summed E-state index contributed by atoms with van der Waals surface area (Å²) in [5, 5.41) is 11.5. The number of aliphatic carboxylic acids is 1. The molecule has 1 saturated heterocycles. The minimum Gasteiger partial charge on any atom is -0.477 e. The van der Waals surface area contributed by atoms with Crippen molar-refractivity contribution in [2.24, 2.45) is 5.73 Å². The number of fused-ring (bicyclic) bond motifs is 1. The van der Waals surface area contributed by atoms with E-state index in [-0.39, 0.29) is 5.70 Å². The highest BCUT2D eigenvalue weighted by molar-refractivity contribution is 9.11. The van der Waals surface area contributed by atoms with Gasteiger partial charge in [-0.25, -0.2) is 4.79 Å². The SMILES string of the molecule is N[C@@H](C(=O)N[C@@H]1C(=O)N2C(C(=O)O)=C(Br)CS[C@H]12)c1ccccc1. The lowest BCUT2D eigenvalue weighted by Crippen LogP contribution is -2.70. The van der Waals surface area contributed by atoms with Crippen molar-refractivity contribution in [3.63, 3.8) is 0 Å². The largest absolute Gasteiger partial charge is 0.477 e. The van der Waals surface area contributed by atoms with Crippen molar-refractivity contribution >= 4 is 45.5 Å². The number of benzene rings is 1. The lowest BCUT2D eigenvalue weighted by molar-refractivity contribution is -0.150. The summed E-state index contributed by atoms with van der Waals surface area (Å²) in [5.41, 5.74) is 6.50. The third-order valence-electron chi connectivity index (χ3n) is 3.86. The van der Waals surface area contributed by atoms with Gasteiger partial charge in [-0.3, -0.25) is 14.5 Å². The van der Waals surface area contributed by atoms with Crippen molar-refractivity contribution in [1.29, 1.82) is 0 Å². The highest BCUT2D eigenvalue weighted by Gasteiger charge is 2.54. The first-order valence-corrected chi connectivity index (χ1v) is 8.93. The van der Waals surface area contributed by atoms with E-state index in [2.05, 4.69) is 21.2 Å². The van der Waals surface area contributed by atoms with E-state index in [0.29, 0.717) is 15.8 Å². The van der Waals surface area contributed by atoms with Crippen LogP contribution in [-0.4, -0.2) is 45.0 Å². The summed E-state index contributed by atoms with van der Waals surface area (Å²) in [4.78, 5) is 37.1. The summed E-state index contributed by atoms with van der Waals surface area (Å²) in [6.07, 6.45) is 0. The molecule has 4 N–H and O–H groups in total. The molecule has 0 spiro atoms. The number of carbonyl (C=O) groups excluding carboxylic acids is 2. The van der Waals surface area contributed by atoms with Crippen LogP contribution in [0.1, 0.15) is 11.6 Å². The van der Waals surface area contributed by atoms with Gasteiger partial charge in [-0.2, -0.15) is 0 Å². The van der Waals surface area contributed by atoms with E-state index in [1.165, 1.54) is 16.7 Å². The van der Waals surface area contributed by atoms with Gasteiger partial charge in [-0.1, -0.05) is 46.3 Å². The average Bonchev–Trinajstić information content (AvgIpc) is 2.59. The number of hydrogen-bond acceptors (Lipinski definition) is 5. The molecule has 0 radical (unpaired) electrons. The van der Waals surface area contributed by atoms with Crippen molar-refractivity contribution in [2.75, 3.05) is 5.75 Å². The number of rotatable bonds is 4. The second-order valence-electron chi connectivity index (χ2n) is 5.34. The highest BCUT2D eigenvalue weighted by Crippen LogP contribution is 2.41. The summed E-state index contributed by atoms with van der Waals surface area (Å²) in [6.45, 7) is 0. The lowest BCUT2D eigenvalue weighted by Gasteiger charge is -2.49. The van der Waals surface area contributed by atoms with Crippen LogP contribution in [0.25, 0.3) is 0 Å². The van der Waals surface area contributed by atoms with Gasteiger partial charge in [0.05, 0.1) is 0 Å². The molecule has 0 bridgehead atoms. The topological polar surface area (TPSA) is 113 Å². The molecule has 1 aromatic carbocycles. The molecule has 1 fully saturated rings. The van der Waals surface area contributed by atoms with E-state index in [1.54, 1.807) is 24.3 Å². The smallest absolute Gasteiger partial charge is 0.353 e. The van der Waals surface area contributed by atoms with Crippen molar-refractivity contribution in [3.8, 4) is 0 Å². The molecule has 2 heterocycles. The number of hydrogen-bond donors (Lipinski definition) is 3. The molecule has 24 heavy (non-hydrogen) atoms. The maximum atomic E-state index is 12.3. The number of nitrogens with zero attached hydrogens (tertiary/aromatic N) is 1. The van der Waals surface area contributed by atoms with Gasteiger partial charge >= 0.3 is 5.97 Å². The summed E-state index contributed by atoms with van der Waals surface area (Å²) < 4.78 is 0.454. The summed E-state index contributed by atoms with van der Waals surface area (Å²) >= 11 is 4.57. The van der Waals surface area contributed by atoms with E-state index in [4.69, 9.17) is 5.73 Å². The molecule has 2 aliphatic rings. The van der Waals surface area contributed by atoms with Crippen LogP contribution in [0.4, 0.5) is 0 Å². The van der Waals surface area contributed by atoms with Gasteiger partial charge in [0.25, 0.3) is 5.91 Å². The third kappa shape index (κ3) is 2.83. The van der Waals surface area contributed by atoms with Gasteiger partial charge in [-0.05, 0) is 5.56 Å². The van der Waals surface area contributed by atoms with Gasteiger partial charge in [0.15, 0.2) is 0 Å². The van der Waals surface area contributed by atoms with Crippen molar-refractivity contribution in [3.05, 3.63) is 46.1 Å². The molecule has 0 aromatic heterocycles. The molecule has 2 aliphatic heterocycles. The third-order valence-corrected chi connectivity index (χ3v) is 6.17. The van der Waals surface area contributed by atoms with Crippen molar-refractivity contribution in [1.82, 2.24) is 10.2 Å². The van der Waals surface area contributed by atoms with E-state index in [0.717, 1.165) is 0 Å². The Morgan fingerprint density at radius 3 is 2.67 bits per heavy atom. The maximum absolute atomic E-state index is 12.3. The van der Waals surface area contributed by atoms with Crippen LogP contribution in [-0.2, 0) is 14.4 Å². The fraction of sp³-hybridized carbons (Fsp3) is 0.267. The molecule has 3 rings (SSSR count). The average molecular weight is 412 g/mol. The number of carbonyl (C=O) groups is 3. The molecule has 0 unspecified atom stereocenters. The number of halogens is 1. The molecule has 3 atom stereocenters. The van der Waals surface area contributed by atoms with E-state index in [1.807, 2.05) is 6.07 Å². The fourth-order valence-corrected chi connectivity index (χ4v) is 4.58. The molecular weight excluding hydrogens is 398 g/mol. The Morgan fingerprint density at radius 1 is 1.38 bits per heavy atom. The molecule has 2 amide bonds. The first-order chi connectivity index (χ1) is 11.4. The number of amides is 2. The second-order valence-corrected chi connectivity index (χ2v) is 7.41. The first kappa shape index (κ1) is 17.0. The van der Waals surface area contributed by atoms with Crippen LogP contribution in [0.2, 0.25) is 0 Å². The standard InChI is InChI=1S/C15H14BrN3O4S/c16-8-6-24-14-10(13(21)19(14)11(8)15(22)23)18-12(20)9(17)7-4-2-1-3-5-7/h1-5,9-10,14H,6,17H2,(H,18,20)(H,22,23)/t9-,10-,14-/m1/s1. The number of nitrogens with two attached hydrogens (primary N) is 1. The minimum atomic E-state index is -1.17. The Balaban J connectivity index is 1.71. The highest BCUT2D eigenvalue weighted by atomic mass is 79.9. The quantitative estimate of drug-likeness (QED) is 0.630. The molecule has 9 heteroatoms. The van der Waals surface area contributed by atoms with Gasteiger partial charge in [0, 0.05) is 10.2 Å². The lowest BCUT2D eigenvalue weighted by atomic mass is 10.0. The van der Waals surface area contributed by atoms with Gasteiger partial charge in [0.1, 0.15) is 23.2 Å². The predicted octanol–water partition coefficient (Wildman–Crippen LogP) is 0.777. The Labute approximate surface area is 150 Å². The van der Waals surface area contributed by atoms with Crippen LogP contribution in [0.3, 0.4) is 0 Å². The molecule has 0 saturated carbocycles.